The van der Waals surface area contributed by atoms with Crippen molar-refractivity contribution in [2.75, 3.05) is 59.7 Å². The molecule has 3 aliphatic heterocycles. The molecule has 5 aliphatic carbocycles. The number of rotatable bonds is 8. The number of hydrogen-bond donors (Lipinski definition) is 1. The Labute approximate surface area is 279 Å². The van der Waals surface area contributed by atoms with Crippen LogP contribution in [0.1, 0.15) is 105 Å². The molecule has 8 rings (SSSR count). The average Bonchev–Trinajstić information content (AvgIpc) is 3.64. The van der Waals surface area contributed by atoms with Gasteiger partial charge in [0, 0.05) is 51.4 Å². The largest absolute Gasteiger partial charge is 0.393 e. The van der Waals surface area contributed by atoms with Crippen LogP contribution in [0.2, 0.25) is 0 Å². The van der Waals surface area contributed by atoms with Gasteiger partial charge < -0.3 is 24.1 Å². The molecule has 3 saturated heterocycles. The third-order valence-corrected chi connectivity index (χ3v) is 17.2. The Morgan fingerprint density at radius 2 is 1.61 bits per heavy atom. The summed E-state index contributed by atoms with van der Waals surface area (Å²) in [4.78, 5) is 5.34. The third-order valence-electron chi connectivity index (χ3n) is 17.2. The highest BCUT2D eigenvalue weighted by molar-refractivity contribution is 5.31. The van der Waals surface area contributed by atoms with E-state index in [2.05, 4.69) is 44.4 Å². The van der Waals surface area contributed by atoms with Crippen LogP contribution in [0.3, 0.4) is 0 Å². The highest BCUT2D eigenvalue weighted by Gasteiger charge is 2.83. The van der Waals surface area contributed by atoms with Gasteiger partial charge >= 0.3 is 0 Å². The van der Waals surface area contributed by atoms with Crippen molar-refractivity contribution in [1.82, 2.24) is 9.80 Å². The summed E-state index contributed by atoms with van der Waals surface area (Å²) in [6.07, 6.45) is 13.7. The molecule has 0 aromatic rings. The molecular weight excluding hydrogens is 576 g/mol. The Morgan fingerprint density at radius 3 is 2.33 bits per heavy atom. The van der Waals surface area contributed by atoms with Crippen molar-refractivity contribution in [2.24, 2.45) is 50.7 Å². The summed E-state index contributed by atoms with van der Waals surface area (Å²) in [5.41, 5.74) is 1.25. The Balaban J connectivity index is 0.936. The topological polar surface area (TPSA) is 63.6 Å². The van der Waals surface area contributed by atoms with Crippen LogP contribution in [0, 0.1) is 50.7 Å². The second kappa shape index (κ2) is 11.6. The molecular formula is C39H66N2O5. The maximum atomic E-state index is 12.0. The SMILES string of the molecule is COCC[C@@H](C)[C@H]1C[C@H](O)[C@@]2(C)C3CC[C@H]4C(C)(C)[C@@H](O[C@H]5CN(C6CCN(C7COC7)CC6)CCO5)CC[C@@]45CC35CC[C@]12C. The van der Waals surface area contributed by atoms with E-state index in [9.17, 15) is 5.11 Å². The fraction of sp³-hybridized carbons (Fsp3) is 1.00. The fourth-order valence-corrected chi connectivity index (χ4v) is 14.3. The normalized spacial score (nSPS) is 50.2. The number of morpholine rings is 1. The molecule has 0 bridgehead atoms. The monoisotopic (exact) mass is 642 g/mol. The van der Waals surface area contributed by atoms with Crippen molar-refractivity contribution in [3.05, 3.63) is 0 Å². The lowest BCUT2D eigenvalue weighted by molar-refractivity contribution is -0.252. The molecule has 7 nitrogen and oxygen atoms in total. The van der Waals surface area contributed by atoms with Gasteiger partial charge in [0.1, 0.15) is 0 Å². The minimum atomic E-state index is -0.178. The van der Waals surface area contributed by atoms with Crippen molar-refractivity contribution in [2.45, 2.75) is 136 Å². The van der Waals surface area contributed by atoms with Gasteiger partial charge in [-0.05, 0) is 116 Å². The predicted molar refractivity (Wildman–Crippen MR) is 179 cm³/mol. The maximum Gasteiger partial charge on any atom is 0.170 e. The summed E-state index contributed by atoms with van der Waals surface area (Å²) >= 11 is 0. The van der Waals surface area contributed by atoms with E-state index >= 15 is 0 Å². The number of aliphatic hydroxyl groups is 1. The number of nitrogens with zero attached hydrogens (tertiary/aromatic N) is 2. The first-order valence-corrected chi connectivity index (χ1v) is 19.5. The first-order chi connectivity index (χ1) is 22.0. The van der Waals surface area contributed by atoms with E-state index in [1.54, 1.807) is 0 Å². The smallest absolute Gasteiger partial charge is 0.170 e. The predicted octanol–water partition coefficient (Wildman–Crippen LogP) is 5.98. The molecule has 11 atom stereocenters. The molecule has 8 aliphatic rings. The van der Waals surface area contributed by atoms with E-state index in [1.807, 2.05) is 7.11 Å². The summed E-state index contributed by atoms with van der Waals surface area (Å²) in [5.74, 6) is 2.54. The summed E-state index contributed by atoms with van der Waals surface area (Å²) in [5, 5.41) is 12.0. The first-order valence-electron chi connectivity index (χ1n) is 19.5. The second-order valence-corrected chi connectivity index (χ2v) is 18.7. The van der Waals surface area contributed by atoms with Gasteiger partial charge in [0.25, 0.3) is 0 Å². The molecule has 3 heterocycles. The van der Waals surface area contributed by atoms with Crippen molar-refractivity contribution in [3.8, 4) is 0 Å². The molecule has 1 N–H and O–H groups in total. The molecule has 2 spiro atoms. The number of aliphatic hydroxyl groups excluding tert-OH is 1. The average molecular weight is 643 g/mol. The lowest BCUT2D eigenvalue weighted by atomic mass is 9.41. The van der Waals surface area contributed by atoms with Crippen molar-refractivity contribution < 1.29 is 24.1 Å². The van der Waals surface area contributed by atoms with Crippen molar-refractivity contribution >= 4 is 0 Å². The second-order valence-electron chi connectivity index (χ2n) is 18.7. The van der Waals surface area contributed by atoms with Crippen LogP contribution < -0.4 is 0 Å². The van der Waals surface area contributed by atoms with Crippen LogP contribution in [0.4, 0.5) is 0 Å². The van der Waals surface area contributed by atoms with Gasteiger partial charge in [0.05, 0.1) is 38.1 Å². The lowest BCUT2D eigenvalue weighted by Crippen LogP contribution is -2.60. The van der Waals surface area contributed by atoms with Crippen LogP contribution in [-0.4, -0.2) is 105 Å². The van der Waals surface area contributed by atoms with Gasteiger partial charge in [0.15, 0.2) is 6.29 Å². The van der Waals surface area contributed by atoms with Gasteiger partial charge in [-0.25, -0.2) is 0 Å². The van der Waals surface area contributed by atoms with Crippen molar-refractivity contribution in [1.29, 1.82) is 0 Å². The van der Waals surface area contributed by atoms with Crippen LogP contribution in [0.15, 0.2) is 0 Å². The van der Waals surface area contributed by atoms with Gasteiger partial charge in [0.2, 0.25) is 0 Å². The molecule has 2 unspecified atom stereocenters. The summed E-state index contributed by atoms with van der Waals surface area (Å²) in [6.45, 7) is 20.5. The number of piperidine rings is 1. The number of fused-ring (bicyclic) bond motifs is 2. The minimum Gasteiger partial charge on any atom is -0.393 e. The molecule has 0 aromatic carbocycles. The molecule has 7 heteroatoms. The molecule has 0 radical (unpaired) electrons. The zero-order valence-electron chi connectivity index (χ0n) is 30.1. The molecule has 46 heavy (non-hydrogen) atoms. The minimum absolute atomic E-state index is 0.0183. The van der Waals surface area contributed by atoms with E-state index in [4.69, 9.17) is 18.9 Å². The lowest BCUT2D eigenvalue weighted by Gasteiger charge is -2.64. The number of likely N-dealkylation sites (tertiary alicyclic amines) is 1. The standard InChI is InChI=1S/C39H66N2O5/c1-26(12-19-43-6)29-21-32(42)37(5)31-8-7-30-35(2,3)33(9-13-38(30)25-39(31,38)15-14-36(29,37)4)46-34-22-41(18-20-45-34)27-10-16-40(17-11-27)28-23-44-24-28/h26-34,42H,7-25H2,1-6H3/t26-,29-,30+,31?,32+,33+,34+,36-,37-,38-,39?/m1/s1. The maximum absolute atomic E-state index is 12.0. The van der Waals surface area contributed by atoms with Crippen LogP contribution in [0.25, 0.3) is 0 Å². The molecule has 0 aromatic heterocycles. The zero-order chi connectivity index (χ0) is 32.1. The Hall–Kier alpha value is -0.280. The number of hydrogen-bond acceptors (Lipinski definition) is 7. The van der Waals surface area contributed by atoms with E-state index in [-0.39, 0.29) is 34.7 Å². The molecule has 0 amide bonds. The summed E-state index contributed by atoms with van der Waals surface area (Å²) in [7, 11) is 1.83. The van der Waals surface area contributed by atoms with Gasteiger partial charge in [-0.2, -0.15) is 0 Å². The van der Waals surface area contributed by atoms with Crippen LogP contribution >= 0.6 is 0 Å². The molecule has 5 saturated carbocycles. The summed E-state index contributed by atoms with van der Waals surface area (Å²) in [6, 6.07) is 1.32. The zero-order valence-corrected chi connectivity index (χ0v) is 30.1. The third kappa shape index (κ3) is 4.60. The van der Waals surface area contributed by atoms with Gasteiger partial charge in [-0.1, -0.05) is 34.6 Å². The van der Waals surface area contributed by atoms with Gasteiger partial charge in [-0.15, -0.1) is 0 Å². The number of methoxy groups -OCH3 is 1. The van der Waals surface area contributed by atoms with E-state index in [0.717, 1.165) is 58.8 Å². The van der Waals surface area contributed by atoms with E-state index in [0.29, 0.717) is 46.6 Å². The fourth-order valence-electron chi connectivity index (χ4n) is 14.3. The molecule has 8 fully saturated rings. The summed E-state index contributed by atoms with van der Waals surface area (Å²) < 4.78 is 24.4. The first kappa shape index (κ1) is 32.9. The van der Waals surface area contributed by atoms with Gasteiger partial charge in [-0.3, -0.25) is 9.80 Å². The highest BCUT2D eigenvalue weighted by atomic mass is 16.7. The Morgan fingerprint density at radius 1 is 0.870 bits per heavy atom. The van der Waals surface area contributed by atoms with E-state index in [1.165, 1.54) is 64.5 Å². The van der Waals surface area contributed by atoms with Crippen LogP contribution in [0.5, 0.6) is 0 Å². The van der Waals surface area contributed by atoms with Crippen molar-refractivity contribution in [3.63, 3.8) is 0 Å². The van der Waals surface area contributed by atoms with Crippen LogP contribution in [-0.2, 0) is 18.9 Å². The number of ether oxygens (including phenoxy) is 4. The highest BCUT2D eigenvalue weighted by Crippen LogP contribution is 2.89. The quantitative estimate of drug-likeness (QED) is 0.350. The van der Waals surface area contributed by atoms with E-state index < -0.39 is 0 Å². The molecule has 262 valence electrons. The Bertz CT molecular complexity index is 1120. The Kier molecular flexibility index (Phi) is 8.32.